The maximum atomic E-state index is 12.8. The first kappa shape index (κ1) is 38.7. The molecule has 272 valence electrons. The summed E-state index contributed by atoms with van der Waals surface area (Å²) < 4.78 is 29.9. The number of ether oxygens (including phenoxy) is 5. The zero-order valence-electron chi connectivity index (χ0n) is 30.6. The number of esters is 1. The predicted molar refractivity (Wildman–Crippen MR) is 200 cm³/mol. The second-order valence-corrected chi connectivity index (χ2v) is 12.3. The van der Waals surface area contributed by atoms with Gasteiger partial charge in [0, 0.05) is 23.8 Å². The Labute approximate surface area is 301 Å². The Morgan fingerprint density at radius 3 is 1.43 bits per heavy atom. The lowest BCUT2D eigenvalue weighted by molar-refractivity contribution is -0.130. The highest BCUT2D eigenvalue weighted by atomic mass is 16.5. The van der Waals surface area contributed by atoms with Crippen LogP contribution in [-0.4, -0.2) is 52.5 Å². The van der Waals surface area contributed by atoms with Crippen LogP contribution in [0.25, 0.3) is 34.2 Å². The Balaban J connectivity index is 1.90. The quantitative estimate of drug-likeness (QED) is 0.0390. The molecule has 0 saturated heterocycles. The van der Waals surface area contributed by atoms with Crippen LogP contribution in [0.4, 0.5) is 0 Å². The summed E-state index contributed by atoms with van der Waals surface area (Å²) in [5, 5.41) is 11.2. The topological polar surface area (TPSA) is 122 Å². The number of aromatic nitrogens is 3. The van der Waals surface area contributed by atoms with Gasteiger partial charge in [0.05, 0.1) is 43.1 Å². The molecule has 0 fully saturated rings. The summed E-state index contributed by atoms with van der Waals surface area (Å²) in [6.45, 7) is 15.9. The minimum absolute atomic E-state index is 0.0557. The van der Waals surface area contributed by atoms with E-state index in [0.717, 1.165) is 51.4 Å². The molecule has 4 rings (SSSR count). The van der Waals surface area contributed by atoms with E-state index in [9.17, 15) is 9.90 Å². The lowest BCUT2D eigenvalue weighted by Gasteiger charge is -2.16. The standard InChI is InChI=1S/C41H51N3O7/c1-7-11-21-47-29-15-18-32(35(45)25-29)38-42-39(33-19-16-30(48-22-12-8-2)26-36(33)50-24-14-10-4)44-40(43-38)34-20-17-31(49-23-13-9-3)27-37(34)51-41(46)28(5)6/h15-20,25-27,45H,5,7-14,21-24H2,1-4,6H3. The molecule has 0 aliphatic carbocycles. The minimum Gasteiger partial charge on any atom is -0.507 e. The Kier molecular flexibility index (Phi) is 15.1. The lowest BCUT2D eigenvalue weighted by Crippen LogP contribution is -2.10. The Bertz CT molecular complexity index is 1760. The molecular weight excluding hydrogens is 646 g/mol. The molecule has 1 N–H and O–H groups in total. The summed E-state index contributed by atoms with van der Waals surface area (Å²) in [6, 6.07) is 15.8. The van der Waals surface area contributed by atoms with E-state index < -0.39 is 5.97 Å². The maximum absolute atomic E-state index is 12.8. The second kappa shape index (κ2) is 19.9. The number of carbonyl (C=O) groups is 1. The molecule has 0 spiro atoms. The molecule has 0 aliphatic rings. The molecule has 0 radical (unpaired) electrons. The van der Waals surface area contributed by atoms with Gasteiger partial charge >= 0.3 is 5.97 Å². The number of aromatic hydroxyl groups is 1. The summed E-state index contributed by atoms with van der Waals surface area (Å²) in [4.78, 5) is 27.4. The summed E-state index contributed by atoms with van der Waals surface area (Å²) in [5.74, 6) is 2.56. The number of hydrogen-bond donors (Lipinski definition) is 1. The van der Waals surface area contributed by atoms with Crippen molar-refractivity contribution in [2.45, 2.75) is 86.0 Å². The van der Waals surface area contributed by atoms with Gasteiger partial charge in [-0.2, -0.15) is 0 Å². The van der Waals surface area contributed by atoms with Gasteiger partial charge in [-0.25, -0.2) is 19.7 Å². The van der Waals surface area contributed by atoms with Crippen molar-refractivity contribution in [1.29, 1.82) is 0 Å². The fraction of sp³-hybridized carbons (Fsp3) is 0.415. The zero-order chi connectivity index (χ0) is 36.6. The van der Waals surface area contributed by atoms with Gasteiger partial charge in [0.1, 0.15) is 34.5 Å². The molecule has 4 aromatic rings. The number of phenolic OH excluding ortho intramolecular Hbond substituents is 1. The third kappa shape index (κ3) is 11.2. The first-order chi connectivity index (χ1) is 24.8. The largest absolute Gasteiger partial charge is 0.507 e. The second-order valence-electron chi connectivity index (χ2n) is 12.3. The zero-order valence-corrected chi connectivity index (χ0v) is 30.6. The molecular formula is C41H51N3O7. The third-order valence-corrected chi connectivity index (χ3v) is 7.84. The predicted octanol–water partition coefficient (Wildman–Crippen LogP) is 9.78. The molecule has 10 heteroatoms. The molecule has 51 heavy (non-hydrogen) atoms. The molecule has 0 atom stereocenters. The van der Waals surface area contributed by atoms with E-state index in [-0.39, 0.29) is 28.7 Å². The SMILES string of the molecule is C=C(C)C(=O)Oc1cc(OCCCC)ccc1-c1nc(-c2ccc(OCCCC)cc2O)nc(-c2ccc(OCCCC)cc2OCCCC)n1. The van der Waals surface area contributed by atoms with Crippen LogP contribution in [0.5, 0.6) is 34.5 Å². The molecule has 0 bridgehead atoms. The number of nitrogens with zero attached hydrogens (tertiary/aromatic N) is 3. The van der Waals surface area contributed by atoms with Crippen molar-refractivity contribution in [2.75, 3.05) is 26.4 Å². The van der Waals surface area contributed by atoms with Crippen LogP contribution in [0.2, 0.25) is 0 Å². The van der Waals surface area contributed by atoms with E-state index in [1.54, 1.807) is 43.3 Å². The van der Waals surface area contributed by atoms with E-state index in [2.05, 4.69) is 34.3 Å². The maximum Gasteiger partial charge on any atom is 0.338 e. The molecule has 0 unspecified atom stereocenters. The molecule has 0 aliphatic heterocycles. The van der Waals surface area contributed by atoms with Gasteiger partial charge in [0.25, 0.3) is 0 Å². The van der Waals surface area contributed by atoms with Crippen LogP contribution >= 0.6 is 0 Å². The van der Waals surface area contributed by atoms with Crippen molar-refractivity contribution in [1.82, 2.24) is 15.0 Å². The minimum atomic E-state index is -0.599. The van der Waals surface area contributed by atoms with E-state index in [0.29, 0.717) is 71.9 Å². The summed E-state index contributed by atoms with van der Waals surface area (Å²) in [5.41, 5.74) is 1.63. The van der Waals surface area contributed by atoms with Crippen LogP contribution in [0.15, 0.2) is 66.7 Å². The Morgan fingerprint density at radius 1 is 0.588 bits per heavy atom. The average Bonchev–Trinajstić information content (AvgIpc) is 3.12. The van der Waals surface area contributed by atoms with Gasteiger partial charge < -0.3 is 28.8 Å². The molecule has 0 amide bonds. The van der Waals surface area contributed by atoms with E-state index in [4.69, 9.17) is 38.6 Å². The van der Waals surface area contributed by atoms with E-state index >= 15 is 0 Å². The van der Waals surface area contributed by atoms with E-state index in [1.165, 1.54) is 0 Å². The van der Waals surface area contributed by atoms with Crippen LogP contribution in [0, 0.1) is 0 Å². The lowest BCUT2D eigenvalue weighted by atomic mass is 10.1. The van der Waals surface area contributed by atoms with Gasteiger partial charge in [-0.15, -0.1) is 0 Å². The molecule has 1 aromatic heterocycles. The molecule has 10 nitrogen and oxygen atoms in total. The van der Waals surface area contributed by atoms with Crippen molar-refractivity contribution < 1.29 is 33.6 Å². The van der Waals surface area contributed by atoms with Crippen LogP contribution in [-0.2, 0) is 4.79 Å². The number of carbonyl (C=O) groups excluding carboxylic acids is 1. The van der Waals surface area contributed by atoms with Crippen molar-refractivity contribution in [3.05, 3.63) is 66.7 Å². The van der Waals surface area contributed by atoms with Crippen LogP contribution in [0.1, 0.15) is 86.0 Å². The van der Waals surface area contributed by atoms with Crippen molar-refractivity contribution >= 4 is 5.97 Å². The highest BCUT2D eigenvalue weighted by Gasteiger charge is 2.22. The Hall–Kier alpha value is -5.12. The van der Waals surface area contributed by atoms with Gasteiger partial charge in [0.2, 0.25) is 0 Å². The highest BCUT2D eigenvalue weighted by molar-refractivity contribution is 5.90. The number of hydrogen-bond acceptors (Lipinski definition) is 10. The van der Waals surface area contributed by atoms with Crippen molar-refractivity contribution in [3.8, 4) is 68.7 Å². The Morgan fingerprint density at radius 2 is 0.980 bits per heavy atom. The van der Waals surface area contributed by atoms with Crippen LogP contribution in [0.3, 0.4) is 0 Å². The summed E-state index contributed by atoms with van der Waals surface area (Å²) >= 11 is 0. The summed E-state index contributed by atoms with van der Waals surface area (Å²) in [7, 11) is 0. The van der Waals surface area contributed by atoms with Gasteiger partial charge in [-0.05, 0) is 69.0 Å². The average molecular weight is 698 g/mol. The van der Waals surface area contributed by atoms with Crippen molar-refractivity contribution in [3.63, 3.8) is 0 Å². The van der Waals surface area contributed by atoms with Crippen molar-refractivity contribution in [2.24, 2.45) is 0 Å². The number of phenols is 1. The first-order valence-corrected chi connectivity index (χ1v) is 18.0. The number of benzene rings is 3. The molecule has 0 saturated carbocycles. The van der Waals surface area contributed by atoms with Gasteiger partial charge in [0.15, 0.2) is 17.5 Å². The molecule has 1 heterocycles. The smallest absolute Gasteiger partial charge is 0.338 e. The fourth-order valence-electron chi connectivity index (χ4n) is 4.80. The first-order valence-electron chi connectivity index (χ1n) is 18.0. The fourth-order valence-corrected chi connectivity index (χ4v) is 4.80. The van der Waals surface area contributed by atoms with Gasteiger partial charge in [-0.1, -0.05) is 60.0 Å². The number of rotatable bonds is 21. The highest BCUT2D eigenvalue weighted by Crippen LogP contribution is 2.39. The monoisotopic (exact) mass is 697 g/mol. The molecule has 3 aromatic carbocycles. The number of unbranched alkanes of at least 4 members (excludes halogenated alkanes) is 4. The van der Waals surface area contributed by atoms with E-state index in [1.807, 2.05) is 18.2 Å². The normalized spacial score (nSPS) is 10.8. The van der Waals surface area contributed by atoms with Crippen LogP contribution < -0.4 is 23.7 Å². The van der Waals surface area contributed by atoms with Gasteiger partial charge in [-0.3, -0.25) is 0 Å². The summed E-state index contributed by atoms with van der Waals surface area (Å²) in [6.07, 6.45) is 7.51. The third-order valence-electron chi connectivity index (χ3n) is 7.84.